The predicted octanol–water partition coefficient (Wildman–Crippen LogP) is 4.03. The Balaban J connectivity index is 2.26. The molecule has 1 saturated heterocycles. The van der Waals surface area contributed by atoms with Crippen LogP contribution >= 0.6 is 22.9 Å². The van der Waals surface area contributed by atoms with E-state index < -0.39 is 6.10 Å². The highest BCUT2D eigenvalue weighted by Gasteiger charge is 2.49. The minimum Gasteiger partial charge on any atom is -0.387 e. The lowest BCUT2D eigenvalue weighted by Gasteiger charge is -2.30. The molecular formula is C13H19ClO2S. The summed E-state index contributed by atoms with van der Waals surface area (Å²) in [5, 5.41) is 13.1. The Morgan fingerprint density at radius 2 is 2.12 bits per heavy atom. The zero-order valence-electron chi connectivity index (χ0n) is 10.7. The van der Waals surface area contributed by atoms with Gasteiger partial charge in [-0.1, -0.05) is 11.6 Å². The standard InChI is InChI=1S/C13H19ClO2S/c1-12(2)7-8(13(3,4)16-12)10(15)11-9(14)5-6-17-11/h5-6,8,10,15H,7H2,1-4H3. The van der Waals surface area contributed by atoms with Crippen LogP contribution < -0.4 is 0 Å². The Bertz CT molecular complexity index is 411. The second-order valence-electron chi connectivity index (χ2n) is 5.85. The Kier molecular flexibility index (Phi) is 3.32. The van der Waals surface area contributed by atoms with E-state index in [-0.39, 0.29) is 17.1 Å². The third-order valence-electron chi connectivity index (χ3n) is 3.44. The molecule has 1 aliphatic heterocycles. The molecule has 2 heterocycles. The third kappa shape index (κ3) is 2.53. The molecule has 2 rings (SSSR count). The number of aliphatic hydroxyl groups is 1. The summed E-state index contributed by atoms with van der Waals surface area (Å²) in [4.78, 5) is 0.853. The van der Waals surface area contributed by atoms with Crippen molar-refractivity contribution in [3.8, 4) is 0 Å². The molecule has 2 unspecified atom stereocenters. The van der Waals surface area contributed by atoms with Crippen molar-refractivity contribution >= 4 is 22.9 Å². The first kappa shape index (κ1) is 13.3. The summed E-state index contributed by atoms with van der Waals surface area (Å²) in [6, 6.07) is 1.83. The number of rotatable bonds is 2. The molecule has 0 spiro atoms. The van der Waals surface area contributed by atoms with Gasteiger partial charge in [0.1, 0.15) is 0 Å². The molecule has 0 radical (unpaired) electrons. The van der Waals surface area contributed by atoms with Gasteiger partial charge in [0.15, 0.2) is 0 Å². The smallest absolute Gasteiger partial charge is 0.0953 e. The topological polar surface area (TPSA) is 29.5 Å². The first-order chi connectivity index (χ1) is 7.73. The van der Waals surface area contributed by atoms with E-state index in [1.807, 2.05) is 25.3 Å². The molecule has 0 aliphatic carbocycles. The van der Waals surface area contributed by atoms with E-state index in [9.17, 15) is 5.11 Å². The van der Waals surface area contributed by atoms with Gasteiger partial charge in [0, 0.05) is 5.92 Å². The van der Waals surface area contributed by atoms with Gasteiger partial charge in [0.2, 0.25) is 0 Å². The van der Waals surface area contributed by atoms with Gasteiger partial charge >= 0.3 is 0 Å². The van der Waals surface area contributed by atoms with Crippen LogP contribution in [0, 0.1) is 5.92 Å². The number of thiophene rings is 1. The minimum atomic E-state index is -0.542. The van der Waals surface area contributed by atoms with Gasteiger partial charge in [-0.2, -0.15) is 0 Å². The molecule has 0 aromatic carbocycles. The molecule has 1 aromatic heterocycles. The van der Waals surface area contributed by atoms with E-state index in [2.05, 4.69) is 13.8 Å². The third-order valence-corrected chi connectivity index (χ3v) is 4.87. The van der Waals surface area contributed by atoms with Crippen molar-refractivity contribution in [1.82, 2.24) is 0 Å². The van der Waals surface area contributed by atoms with Gasteiger partial charge in [0.05, 0.1) is 27.2 Å². The Morgan fingerprint density at radius 3 is 2.53 bits per heavy atom. The van der Waals surface area contributed by atoms with Crippen LogP contribution in [0.3, 0.4) is 0 Å². The number of hydrogen-bond donors (Lipinski definition) is 1. The zero-order valence-corrected chi connectivity index (χ0v) is 12.2. The van der Waals surface area contributed by atoms with Gasteiger partial charge in [-0.3, -0.25) is 0 Å². The maximum atomic E-state index is 10.5. The van der Waals surface area contributed by atoms with Gasteiger partial charge in [-0.15, -0.1) is 11.3 Å². The van der Waals surface area contributed by atoms with Gasteiger partial charge in [-0.25, -0.2) is 0 Å². The Hall–Kier alpha value is -0.0900. The van der Waals surface area contributed by atoms with Crippen molar-refractivity contribution in [3.05, 3.63) is 21.3 Å². The van der Waals surface area contributed by atoms with E-state index in [4.69, 9.17) is 16.3 Å². The largest absolute Gasteiger partial charge is 0.387 e. The second-order valence-corrected chi connectivity index (χ2v) is 7.21. The molecule has 1 aliphatic rings. The van der Waals surface area contributed by atoms with Crippen molar-refractivity contribution in [2.75, 3.05) is 0 Å². The molecule has 0 saturated carbocycles. The van der Waals surface area contributed by atoms with Crippen LogP contribution in [-0.4, -0.2) is 16.3 Å². The van der Waals surface area contributed by atoms with Crippen molar-refractivity contribution < 1.29 is 9.84 Å². The average molecular weight is 275 g/mol. The minimum absolute atomic E-state index is 0.0775. The van der Waals surface area contributed by atoms with Crippen LogP contribution in [0.15, 0.2) is 11.4 Å². The summed E-state index contributed by atoms with van der Waals surface area (Å²) in [6.07, 6.45) is 0.300. The lowest BCUT2D eigenvalue weighted by Crippen LogP contribution is -2.32. The average Bonchev–Trinajstić information content (AvgIpc) is 2.66. The van der Waals surface area contributed by atoms with Gasteiger partial charge in [0.25, 0.3) is 0 Å². The lowest BCUT2D eigenvalue weighted by atomic mass is 9.82. The van der Waals surface area contributed by atoms with E-state index in [0.29, 0.717) is 5.02 Å². The van der Waals surface area contributed by atoms with Crippen LogP contribution in [0.4, 0.5) is 0 Å². The molecular weight excluding hydrogens is 256 g/mol. The lowest BCUT2D eigenvalue weighted by molar-refractivity contribution is -0.0876. The van der Waals surface area contributed by atoms with Crippen LogP contribution in [0.2, 0.25) is 5.02 Å². The van der Waals surface area contributed by atoms with Gasteiger partial charge in [-0.05, 0) is 45.6 Å². The summed E-state index contributed by atoms with van der Waals surface area (Å²) < 4.78 is 6.01. The molecule has 17 heavy (non-hydrogen) atoms. The zero-order chi connectivity index (χ0) is 12.8. The Morgan fingerprint density at radius 1 is 1.47 bits per heavy atom. The second kappa shape index (κ2) is 4.23. The van der Waals surface area contributed by atoms with Crippen LogP contribution in [0.25, 0.3) is 0 Å². The highest BCUT2D eigenvalue weighted by molar-refractivity contribution is 7.10. The van der Waals surface area contributed by atoms with Crippen LogP contribution in [0.5, 0.6) is 0 Å². The molecule has 96 valence electrons. The fourth-order valence-electron chi connectivity index (χ4n) is 2.80. The fourth-order valence-corrected chi connectivity index (χ4v) is 4.01. The summed E-state index contributed by atoms with van der Waals surface area (Å²) >= 11 is 7.59. The van der Waals surface area contributed by atoms with Crippen molar-refractivity contribution in [3.63, 3.8) is 0 Å². The maximum Gasteiger partial charge on any atom is 0.0953 e. The summed E-state index contributed by atoms with van der Waals surface area (Å²) in [7, 11) is 0. The summed E-state index contributed by atoms with van der Waals surface area (Å²) in [6.45, 7) is 8.21. The first-order valence-electron chi connectivity index (χ1n) is 5.84. The normalized spacial score (nSPS) is 28.2. The molecule has 2 nitrogen and oxygen atoms in total. The number of hydrogen-bond acceptors (Lipinski definition) is 3. The molecule has 1 fully saturated rings. The van der Waals surface area contributed by atoms with Crippen molar-refractivity contribution in [2.45, 2.75) is 51.4 Å². The molecule has 0 amide bonds. The van der Waals surface area contributed by atoms with E-state index in [1.54, 1.807) is 0 Å². The Labute approximate surface area is 112 Å². The SMILES string of the molecule is CC1(C)CC(C(O)c2sccc2Cl)C(C)(C)O1. The van der Waals surface area contributed by atoms with Gasteiger partial charge < -0.3 is 9.84 Å². The van der Waals surface area contributed by atoms with Crippen molar-refractivity contribution in [1.29, 1.82) is 0 Å². The van der Waals surface area contributed by atoms with E-state index in [1.165, 1.54) is 11.3 Å². The maximum absolute atomic E-state index is 10.5. The number of ether oxygens (including phenoxy) is 1. The highest BCUT2D eigenvalue weighted by atomic mass is 35.5. The first-order valence-corrected chi connectivity index (χ1v) is 7.10. The number of halogens is 1. The monoisotopic (exact) mass is 274 g/mol. The fraction of sp³-hybridized carbons (Fsp3) is 0.692. The molecule has 1 aromatic rings. The van der Waals surface area contributed by atoms with Crippen LogP contribution in [0.1, 0.15) is 45.1 Å². The van der Waals surface area contributed by atoms with Crippen LogP contribution in [-0.2, 0) is 4.74 Å². The molecule has 1 N–H and O–H groups in total. The van der Waals surface area contributed by atoms with E-state index >= 15 is 0 Å². The quantitative estimate of drug-likeness (QED) is 0.882. The summed E-state index contributed by atoms with van der Waals surface area (Å²) in [5.74, 6) is 0.0775. The molecule has 4 heteroatoms. The molecule has 0 bridgehead atoms. The van der Waals surface area contributed by atoms with E-state index in [0.717, 1.165) is 11.3 Å². The highest BCUT2D eigenvalue weighted by Crippen LogP contribution is 2.49. The summed E-state index contributed by atoms with van der Waals surface area (Å²) in [5.41, 5.74) is -0.505. The molecule has 2 atom stereocenters. The predicted molar refractivity (Wildman–Crippen MR) is 71.6 cm³/mol. The number of aliphatic hydroxyl groups excluding tert-OH is 1. The van der Waals surface area contributed by atoms with Crippen molar-refractivity contribution in [2.24, 2.45) is 5.92 Å².